The lowest BCUT2D eigenvalue weighted by atomic mass is 10.2. The molecule has 3 aromatic rings. The Balaban J connectivity index is 1.57. The third-order valence-electron chi connectivity index (χ3n) is 3.60. The molecule has 0 unspecified atom stereocenters. The van der Waals surface area contributed by atoms with E-state index in [1.807, 2.05) is 18.2 Å². The highest BCUT2D eigenvalue weighted by molar-refractivity contribution is 14.1. The van der Waals surface area contributed by atoms with Crippen LogP contribution in [0.1, 0.15) is 26.3 Å². The summed E-state index contributed by atoms with van der Waals surface area (Å²) in [6.45, 7) is 0. The van der Waals surface area contributed by atoms with E-state index < -0.39 is 5.97 Å². The molecule has 1 N–H and O–H groups in total. The number of hydrazone groups is 1. The van der Waals surface area contributed by atoms with Crippen LogP contribution < -0.4 is 10.2 Å². The van der Waals surface area contributed by atoms with Crippen LogP contribution in [0.3, 0.4) is 0 Å². The molecule has 27 heavy (non-hydrogen) atoms. The zero-order valence-corrected chi connectivity index (χ0v) is 16.3. The Morgan fingerprint density at radius 3 is 2.26 bits per heavy atom. The summed E-state index contributed by atoms with van der Waals surface area (Å²) in [5, 5.41) is 3.96. The van der Waals surface area contributed by atoms with E-state index in [1.54, 1.807) is 60.7 Å². The number of halogens is 1. The number of benzene rings is 3. The molecule has 1 amide bonds. The molecule has 0 aliphatic heterocycles. The minimum Gasteiger partial charge on any atom is -0.423 e. The van der Waals surface area contributed by atoms with E-state index in [0.29, 0.717) is 16.9 Å². The van der Waals surface area contributed by atoms with Gasteiger partial charge in [-0.1, -0.05) is 30.3 Å². The topological polar surface area (TPSA) is 67.8 Å². The van der Waals surface area contributed by atoms with Crippen molar-refractivity contribution >= 4 is 40.7 Å². The molecule has 134 valence electrons. The van der Waals surface area contributed by atoms with Crippen LogP contribution in [0.25, 0.3) is 0 Å². The molecule has 6 heteroatoms. The van der Waals surface area contributed by atoms with Gasteiger partial charge in [0.15, 0.2) is 0 Å². The molecule has 3 rings (SSSR count). The van der Waals surface area contributed by atoms with E-state index in [0.717, 1.165) is 9.13 Å². The summed E-state index contributed by atoms with van der Waals surface area (Å²) in [4.78, 5) is 24.1. The highest BCUT2D eigenvalue weighted by Gasteiger charge is 2.08. The molecule has 0 saturated carbocycles. The Bertz CT molecular complexity index is 970. The summed E-state index contributed by atoms with van der Waals surface area (Å²) < 4.78 is 6.17. The quantitative estimate of drug-likeness (QED) is 0.199. The van der Waals surface area contributed by atoms with Gasteiger partial charge in [-0.05, 0) is 76.7 Å². The average molecular weight is 470 g/mol. The fraction of sp³-hybridized carbons (Fsp3) is 0. The maximum absolute atomic E-state index is 12.1. The molecule has 0 saturated heterocycles. The van der Waals surface area contributed by atoms with E-state index in [-0.39, 0.29) is 5.91 Å². The number of carbonyl (C=O) groups is 2. The first-order valence-electron chi connectivity index (χ1n) is 8.09. The Labute approximate surface area is 170 Å². The number of nitrogens with zero attached hydrogens (tertiary/aromatic N) is 1. The van der Waals surface area contributed by atoms with Gasteiger partial charge >= 0.3 is 5.97 Å². The van der Waals surface area contributed by atoms with E-state index in [1.165, 1.54) is 6.21 Å². The fourth-order valence-electron chi connectivity index (χ4n) is 2.23. The summed E-state index contributed by atoms with van der Waals surface area (Å²) >= 11 is 2.10. The zero-order chi connectivity index (χ0) is 19.1. The molecule has 0 atom stereocenters. The molecule has 5 nitrogen and oxygen atoms in total. The lowest BCUT2D eigenvalue weighted by molar-refractivity contribution is 0.0734. The molecule has 3 aromatic carbocycles. The van der Waals surface area contributed by atoms with Crippen LogP contribution in [0.15, 0.2) is 84.0 Å². The molecule has 0 heterocycles. The highest BCUT2D eigenvalue weighted by Crippen LogP contribution is 2.14. The SMILES string of the molecule is O=C(Oc1ccc(/C=N\NC(=O)c2ccccc2I)cc1)c1ccccc1. The Kier molecular flexibility index (Phi) is 6.32. The molecule has 0 aromatic heterocycles. The van der Waals surface area contributed by atoms with Gasteiger partial charge in [-0.25, -0.2) is 10.2 Å². The lowest BCUT2D eigenvalue weighted by Gasteiger charge is -2.04. The van der Waals surface area contributed by atoms with Crippen molar-refractivity contribution in [2.24, 2.45) is 5.10 Å². The number of ether oxygens (including phenoxy) is 1. The highest BCUT2D eigenvalue weighted by atomic mass is 127. The van der Waals surface area contributed by atoms with E-state index in [9.17, 15) is 9.59 Å². The summed E-state index contributed by atoms with van der Waals surface area (Å²) in [7, 11) is 0. The second-order valence-corrected chi connectivity index (χ2v) is 6.67. The monoisotopic (exact) mass is 470 g/mol. The first kappa shape index (κ1) is 18.8. The Morgan fingerprint density at radius 1 is 0.889 bits per heavy atom. The van der Waals surface area contributed by atoms with Crippen LogP contribution in [0.5, 0.6) is 5.75 Å². The first-order valence-corrected chi connectivity index (χ1v) is 9.16. The predicted octanol–water partition coefficient (Wildman–Crippen LogP) is 4.27. The minimum atomic E-state index is -0.415. The van der Waals surface area contributed by atoms with Crippen molar-refractivity contribution in [3.05, 3.63) is 99.1 Å². The van der Waals surface area contributed by atoms with Crippen LogP contribution >= 0.6 is 22.6 Å². The number of esters is 1. The summed E-state index contributed by atoms with van der Waals surface area (Å²) in [5.41, 5.74) is 4.31. The van der Waals surface area contributed by atoms with Crippen molar-refractivity contribution in [3.63, 3.8) is 0 Å². The van der Waals surface area contributed by atoms with Gasteiger partial charge in [0.1, 0.15) is 5.75 Å². The number of carbonyl (C=O) groups excluding carboxylic acids is 2. The Morgan fingerprint density at radius 2 is 1.56 bits per heavy atom. The molecule has 0 aliphatic carbocycles. The van der Waals surface area contributed by atoms with Gasteiger partial charge < -0.3 is 4.74 Å². The third kappa shape index (κ3) is 5.24. The number of hydrogen-bond acceptors (Lipinski definition) is 4. The second kappa shape index (κ2) is 9.09. The predicted molar refractivity (Wildman–Crippen MR) is 112 cm³/mol. The molecular formula is C21H15IN2O3. The maximum atomic E-state index is 12.1. The standard InChI is InChI=1S/C21H15IN2O3/c22-19-9-5-4-8-18(19)20(25)24-23-14-15-10-12-17(13-11-15)27-21(26)16-6-2-1-3-7-16/h1-14H,(H,24,25)/b23-14-. The molecule has 0 fully saturated rings. The van der Waals surface area contributed by atoms with Crippen molar-refractivity contribution in [2.45, 2.75) is 0 Å². The smallest absolute Gasteiger partial charge is 0.343 e. The van der Waals surface area contributed by atoms with Crippen molar-refractivity contribution in [2.75, 3.05) is 0 Å². The van der Waals surface area contributed by atoms with Gasteiger partial charge in [-0.3, -0.25) is 4.79 Å². The van der Waals surface area contributed by atoms with E-state index >= 15 is 0 Å². The van der Waals surface area contributed by atoms with E-state index in [4.69, 9.17) is 4.74 Å². The molecular weight excluding hydrogens is 455 g/mol. The Hall–Kier alpha value is -3.00. The molecule has 0 radical (unpaired) electrons. The zero-order valence-electron chi connectivity index (χ0n) is 14.1. The van der Waals surface area contributed by atoms with Gasteiger partial charge in [0.25, 0.3) is 5.91 Å². The first-order chi connectivity index (χ1) is 13.1. The lowest BCUT2D eigenvalue weighted by Crippen LogP contribution is -2.18. The molecule has 0 spiro atoms. The van der Waals surface area contributed by atoms with Crippen molar-refractivity contribution in [3.8, 4) is 5.75 Å². The van der Waals surface area contributed by atoms with Crippen LogP contribution in [0.4, 0.5) is 0 Å². The van der Waals surface area contributed by atoms with Crippen LogP contribution in [-0.4, -0.2) is 18.1 Å². The van der Waals surface area contributed by atoms with Gasteiger partial charge in [0.05, 0.1) is 17.3 Å². The van der Waals surface area contributed by atoms with Crippen molar-refractivity contribution in [1.29, 1.82) is 0 Å². The van der Waals surface area contributed by atoms with Gasteiger partial charge in [-0.2, -0.15) is 5.10 Å². The van der Waals surface area contributed by atoms with Crippen LogP contribution in [0.2, 0.25) is 0 Å². The molecule has 0 aliphatic rings. The van der Waals surface area contributed by atoms with Crippen molar-refractivity contribution in [1.82, 2.24) is 5.43 Å². The van der Waals surface area contributed by atoms with E-state index in [2.05, 4.69) is 33.1 Å². The number of hydrogen-bond donors (Lipinski definition) is 1. The summed E-state index contributed by atoms with van der Waals surface area (Å²) in [5.74, 6) is -0.254. The van der Waals surface area contributed by atoms with Crippen LogP contribution in [0, 0.1) is 3.57 Å². The average Bonchev–Trinajstić information content (AvgIpc) is 2.70. The van der Waals surface area contributed by atoms with Crippen molar-refractivity contribution < 1.29 is 14.3 Å². The maximum Gasteiger partial charge on any atom is 0.343 e. The van der Waals surface area contributed by atoms with Gasteiger partial charge in [-0.15, -0.1) is 0 Å². The number of rotatable bonds is 5. The summed E-state index contributed by atoms with van der Waals surface area (Å²) in [6.07, 6.45) is 1.52. The van der Waals surface area contributed by atoms with Gasteiger partial charge in [0, 0.05) is 3.57 Å². The summed E-state index contributed by atoms with van der Waals surface area (Å²) in [6, 6.07) is 22.9. The number of amides is 1. The number of nitrogens with one attached hydrogen (secondary N) is 1. The largest absolute Gasteiger partial charge is 0.423 e. The normalized spacial score (nSPS) is 10.6. The molecule has 0 bridgehead atoms. The fourth-order valence-corrected chi connectivity index (χ4v) is 2.87. The second-order valence-electron chi connectivity index (χ2n) is 5.50. The van der Waals surface area contributed by atoms with Gasteiger partial charge in [0.2, 0.25) is 0 Å². The minimum absolute atomic E-state index is 0.273. The van der Waals surface area contributed by atoms with Crippen LogP contribution in [-0.2, 0) is 0 Å². The third-order valence-corrected chi connectivity index (χ3v) is 4.54.